The van der Waals surface area contributed by atoms with E-state index in [1.165, 1.54) is 23.0 Å². The molecule has 0 bridgehead atoms. The number of aliphatic hydroxyl groups is 2. The number of aromatic nitrogens is 2. The van der Waals surface area contributed by atoms with Gasteiger partial charge in [-0.05, 0) is 31.3 Å². The topological polar surface area (TPSA) is 70.3 Å². The molecule has 3 N–H and O–H groups in total. The van der Waals surface area contributed by atoms with Crippen molar-refractivity contribution < 1.29 is 14.6 Å². The zero-order valence-corrected chi connectivity index (χ0v) is 10.5. The highest BCUT2D eigenvalue weighted by atomic mass is 19.1. The van der Waals surface area contributed by atoms with Gasteiger partial charge in [0, 0.05) is 18.3 Å². The molecule has 0 aliphatic rings. The minimum Gasteiger partial charge on any atom is -0.389 e. The molecule has 0 radical (unpaired) electrons. The summed E-state index contributed by atoms with van der Waals surface area (Å²) in [6.45, 7) is 0.281. The van der Waals surface area contributed by atoms with Crippen LogP contribution in [0.3, 0.4) is 0 Å². The third kappa shape index (κ3) is 3.17. The van der Waals surface area contributed by atoms with E-state index in [1.54, 1.807) is 25.4 Å². The van der Waals surface area contributed by atoms with Crippen LogP contribution in [0.5, 0.6) is 0 Å². The minimum atomic E-state index is -1.01. The average Bonchev–Trinajstić information content (AvgIpc) is 2.88. The van der Waals surface area contributed by atoms with Crippen molar-refractivity contribution in [3.8, 4) is 5.69 Å². The molecule has 0 aliphatic carbocycles. The largest absolute Gasteiger partial charge is 0.389 e. The van der Waals surface area contributed by atoms with Crippen molar-refractivity contribution in [1.82, 2.24) is 15.1 Å². The summed E-state index contributed by atoms with van der Waals surface area (Å²) in [4.78, 5) is 0. The van der Waals surface area contributed by atoms with Crippen molar-refractivity contribution in [2.45, 2.75) is 12.2 Å². The first kappa shape index (κ1) is 13.7. The Labute approximate surface area is 110 Å². The van der Waals surface area contributed by atoms with Crippen LogP contribution in [0.4, 0.5) is 4.39 Å². The van der Waals surface area contributed by atoms with Crippen LogP contribution in [-0.2, 0) is 0 Å². The van der Waals surface area contributed by atoms with E-state index < -0.39 is 12.2 Å². The molecule has 2 rings (SSSR count). The van der Waals surface area contributed by atoms with Gasteiger partial charge in [0.2, 0.25) is 0 Å². The number of hydrogen-bond donors (Lipinski definition) is 3. The SMILES string of the molecule is CNCC(O)C(O)c1cnn(-c2ccc(F)cc2)c1. The molecule has 2 atom stereocenters. The van der Waals surface area contributed by atoms with E-state index in [0.717, 1.165) is 0 Å². The third-order valence-electron chi connectivity index (χ3n) is 2.81. The third-order valence-corrected chi connectivity index (χ3v) is 2.81. The minimum absolute atomic E-state index is 0.281. The molecule has 0 saturated heterocycles. The van der Waals surface area contributed by atoms with Crippen LogP contribution >= 0.6 is 0 Å². The van der Waals surface area contributed by atoms with Crippen LogP contribution < -0.4 is 5.32 Å². The lowest BCUT2D eigenvalue weighted by Gasteiger charge is -2.15. The van der Waals surface area contributed by atoms with Gasteiger partial charge in [0.15, 0.2) is 0 Å². The monoisotopic (exact) mass is 265 g/mol. The molecule has 6 heteroatoms. The van der Waals surface area contributed by atoms with Gasteiger partial charge in [-0.15, -0.1) is 0 Å². The predicted molar refractivity (Wildman–Crippen MR) is 68.4 cm³/mol. The average molecular weight is 265 g/mol. The number of nitrogens with zero attached hydrogens (tertiary/aromatic N) is 2. The number of nitrogens with one attached hydrogen (secondary N) is 1. The van der Waals surface area contributed by atoms with E-state index in [1.807, 2.05) is 0 Å². The number of aliphatic hydroxyl groups excluding tert-OH is 2. The van der Waals surface area contributed by atoms with Gasteiger partial charge in [0.05, 0.1) is 18.0 Å². The highest BCUT2D eigenvalue weighted by Crippen LogP contribution is 2.18. The van der Waals surface area contributed by atoms with E-state index in [9.17, 15) is 14.6 Å². The molecule has 1 aromatic heterocycles. The van der Waals surface area contributed by atoms with Crippen molar-refractivity contribution in [2.75, 3.05) is 13.6 Å². The number of rotatable bonds is 5. The first-order chi connectivity index (χ1) is 9.11. The maximum absolute atomic E-state index is 12.8. The number of halogens is 1. The van der Waals surface area contributed by atoms with Crippen LogP contribution in [0.25, 0.3) is 5.69 Å². The summed E-state index contributed by atoms with van der Waals surface area (Å²) in [5.74, 6) is -0.319. The van der Waals surface area contributed by atoms with E-state index in [4.69, 9.17) is 0 Å². The smallest absolute Gasteiger partial charge is 0.123 e. The standard InChI is InChI=1S/C13H16FN3O2/c1-15-7-12(18)13(19)9-6-16-17(8-9)11-4-2-10(14)3-5-11/h2-6,8,12-13,15,18-19H,7H2,1H3. The lowest BCUT2D eigenvalue weighted by molar-refractivity contribution is 0.0202. The van der Waals surface area contributed by atoms with E-state index >= 15 is 0 Å². The van der Waals surface area contributed by atoms with Crippen molar-refractivity contribution in [2.24, 2.45) is 0 Å². The highest BCUT2D eigenvalue weighted by molar-refractivity contribution is 5.31. The molecule has 102 valence electrons. The molecule has 1 heterocycles. The van der Waals surface area contributed by atoms with Crippen molar-refractivity contribution in [3.05, 3.63) is 48.0 Å². The molecular weight excluding hydrogens is 249 g/mol. The Morgan fingerprint density at radius 3 is 2.63 bits per heavy atom. The van der Waals surface area contributed by atoms with Crippen LogP contribution in [0.2, 0.25) is 0 Å². The molecule has 19 heavy (non-hydrogen) atoms. The molecule has 0 saturated carbocycles. The Morgan fingerprint density at radius 2 is 2.00 bits per heavy atom. The Bertz CT molecular complexity index is 527. The maximum Gasteiger partial charge on any atom is 0.123 e. The number of hydrogen-bond acceptors (Lipinski definition) is 4. The van der Waals surface area contributed by atoms with Crippen LogP contribution in [0, 0.1) is 5.82 Å². The van der Waals surface area contributed by atoms with Crippen molar-refractivity contribution >= 4 is 0 Å². The maximum atomic E-state index is 12.8. The second-order valence-electron chi connectivity index (χ2n) is 4.26. The summed E-state index contributed by atoms with van der Waals surface area (Å²) in [6.07, 6.45) is 1.17. The summed E-state index contributed by atoms with van der Waals surface area (Å²) in [6, 6.07) is 5.84. The summed E-state index contributed by atoms with van der Waals surface area (Å²) in [5, 5.41) is 26.5. The zero-order chi connectivity index (χ0) is 13.8. The molecular formula is C13H16FN3O2. The Kier molecular flexibility index (Phi) is 4.26. The fourth-order valence-electron chi connectivity index (χ4n) is 1.77. The molecule has 1 aromatic carbocycles. The van der Waals surface area contributed by atoms with Gasteiger partial charge >= 0.3 is 0 Å². The zero-order valence-electron chi connectivity index (χ0n) is 10.5. The van der Waals surface area contributed by atoms with Crippen molar-refractivity contribution in [1.29, 1.82) is 0 Å². The fraction of sp³-hybridized carbons (Fsp3) is 0.308. The van der Waals surface area contributed by atoms with Gasteiger partial charge in [-0.3, -0.25) is 0 Å². The van der Waals surface area contributed by atoms with E-state index in [-0.39, 0.29) is 12.4 Å². The molecule has 5 nitrogen and oxygen atoms in total. The summed E-state index contributed by atoms with van der Waals surface area (Å²) in [5.41, 5.74) is 1.19. The molecule has 0 fully saturated rings. The van der Waals surface area contributed by atoms with Gasteiger partial charge in [-0.1, -0.05) is 0 Å². The lowest BCUT2D eigenvalue weighted by Crippen LogP contribution is -2.29. The predicted octanol–water partition coefficient (Wildman–Crippen LogP) is 0.625. The highest BCUT2D eigenvalue weighted by Gasteiger charge is 2.19. The Balaban J connectivity index is 2.16. The van der Waals surface area contributed by atoms with Gasteiger partial charge in [-0.25, -0.2) is 9.07 Å². The molecule has 0 spiro atoms. The van der Waals surface area contributed by atoms with Gasteiger partial charge in [0.25, 0.3) is 0 Å². The Hall–Kier alpha value is -1.76. The normalized spacial score (nSPS) is 14.3. The Morgan fingerprint density at radius 1 is 1.32 bits per heavy atom. The number of likely N-dealkylation sites (N-methyl/N-ethyl adjacent to an activating group) is 1. The molecule has 2 unspecified atom stereocenters. The summed E-state index contributed by atoms with van der Waals surface area (Å²) in [7, 11) is 1.69. The van der Waals surface area contributed by atoms with E-state index in [2.05, 4.69) is 10.4 Å². The van der Waals surface area contributed by atoms with Gasteiger partial charge < -0.3 is 15.5 Å². The second kappa shape index (κ2) is 5.92. The summed E-state index contributed by atoms with van der Waals surface area (Å²) >= 11 is 0. The second-order valence-corrected chi connectivity index (χ2v) is 4.26. The first-order valence-electron chi connectivity index (χ1n) is 5.93. The van der Waals surface area contributed by atoms with Gasteiger partial charge in [-0.2, -0.15) is 5.10 Å². The van der Waals surface area contributed by atoms with E-state index in [0.29, 0.717) is 11.3 Å². The number of benzene rings is 1. The summed E-state index contributed by atoms with van der Waals surface area (Å²) < 4.78 is 14.3. The van der Waals surface area contributed by atoms with Gasteiger partial charge in [0.1, 0.15) is 11.9 Å². The van der Waals surface area contributed by atoms with Crippen molar-refractivity contribution in [3.63, 3.8) is 0 Å². The van der Waals surface area contributed by atoms with Crippen LogP contribution in [0.15, 0.2) is 36.7 Å². The molecule has 0 aliphatic heterocycles. The fourth-order valence-corrected chi connectivity index (χ4v) is 1.77. The molecule has 2 aromatic rings. The quantitative estimate of drug-likeness (QED) is 0.741. The lowest BCUT2D eigenvalue weighted by atomic mass is 10.1. The van der Waals surface area contributed by atoms with Crippen LogP contribution in [-0.4, -0.2) is 39.7 Å². The first-order valence-corrected chi connectivity index (χ1v) is 5.93. The van der Waals surface area contributed by atoms with Crippen LogP contribution in [0.1, 0.15) is 11.7 Å². The molecule has 0 amide bonds.